The van der Waals surface area contributed by atoms with Gasteiger partial charge in [0.2, 0.25) is 5.58 Å². The summed E-state index contributed by atoms with van der Waals surface area (Å²) in [5, 5.41) is 4.30. The maximum absolute atomic E-state index is 13.2. The molecule has 3 nitrogen and oxygen atoms in total. The molecule has 2 rings (SSSR count). The fourth-order valence-corrected chi connectivity index (χ4v) is 1.11. The molecule has 0 saturated carbocycles. The fourth-order valence-electron chi connectivity index (χ4n) is 1.11. The molecule has 1 aromatic carbocycles. The molecular weight excluding hydrogens is 159 g/mol. The third-order valence-electron chi connectivity index (χ3n) is 1.79. The van der Waals surface area contributed by atoms with Crippen LogP contribution in [-0.4, -0.2) is 5.16 Å². The van der Waals surface area contributed by atoms with Crippen molar-refractivity contribution in [2.24, 2.45) is 0 Å². The van der Waals surface area contributed by atoms with Gasteiger partial charge in [-0.1, -0.05) is 5.16 Å². The molecule has 12 heavy (non-hydrogen) atoms. The Hall–Kier alpha value is -1.58. The van der Waals surface area contributed by atoms with Crippen LogP contribution in [0.4, 0.5) is 10.1 Å². The van der Waals surface area contributed by atoms with Crippen molar-refractivity contribution < 1.29 is 8.91 Å². The molecule has 2 aromatic rings. The first-order valence-electron chi connectivity index (χ1n) is 3.50. The molecule has 0 bridgehead atoms. The monoisotopic (exact) mass is 166 g/mol. The molecule has 62 valence electrons. The van der Waals surface area contributed by atoms with E-state index >= 15 is 0 Å². The zero-order chi connectivity index (χ0) is 8.72. The zero-order valence-corrected chi connectivity index (χ0v) is 6.47. The van der Waals surface area contributed by atoms with E-state index < -0.39 is 5.82 Å². The second-order valence-corrected chi connectivity index (χ2v) is 2.61. The molecule has 0 atom stereocenters. The van der Waals surface area contributed by atoms with Gasteiger partial charge >= 0.3 is 0 Å². The second-order valence-electron chi connectivity index (χ2n) is 2.61. The lowest BCUT2D eigenvalue weighted by molar-refractivity contribution is 0.436. The third-order valence-corrected chi connectivity index (χ3v) is 1.79. The first kappa shape index (κ1) is 7.09. The summed E-state index contributed by atoms with van der Waals surface area (Å²) >= 11 is 0. The van der Waals surface area contributed by atoms with Crippen LogP contribution in [0.15, 0.2) is 16.7 Å². The number of aryl methyl sites for hydroxylation is 1. The minimum Gasteiger partial charge on any atom is -0.396 e. The van der Waals surface area contributed by atoms with Gasteiger partial charge < -0.3 is 10.3 Å². The van der Waals surface area contributed by atoms with Crippen LogP contribution in [0.2, 0.25) is 0 Å². The Morgan fingerprint density at radius 1 is 1.50 bits per heavy atom. The number of rotatable bonds is 0. The molecule has 0 radical (unpaired) electrons. The number of nitrogens with two attached hydrogens (primary N) is 1. The van der Waals surface area contributed by atoms with Crippen molar-refractivity contribution in [1.82, 2.24) is 5.16 Å². The molecule has 2 N–H and O–H groups in total. The number of hydrogen-bond donors (Lipinski definition) is 1. The van der Waals surface area contributed by atoms with Gasteiger partial charge in [-0.25, -0.2) is 4.39 Å². The van der Waals surface area contributed by atoms with Gasteiger partial charge in [0.15, 0.2) is 5.82 Å². The van der Waals surface area contributed by atoms with E-state index in [9.17, 15) is 4.39 Å². The van der Waals surface area contributed by atoms with Crippen molar-refractivity contribution in [2.75, 3.05) is 5.73 Å². The van der Waals surface area contributed by atoms with Gasteiger partial charge in [-0.05, 0) is 19.1 Å². The lowest BCUT2D eigenvalue weighted by Crippen LogP contribution is -1.89. The van der Waals surface area contributed by atoms with E-state index in [2.05, 4.69) is 5.16 Å². The van der Waals surface area contributed by atoms with E-state index in [-0.39, 0.29) is 11.3 Å². The molecule has 4 heteroatoms. The molecular formula is C8H7FN2O. The Kier molecular flexibility index (Phi) is 1.30. The van der Waals surface area contributed by atoms with Crippen LogP contribution in [-0.2, 0) is 0 Å². The topological polar surface area (TPSA) is 52.0 Å². The number of hydrogen-bond acceptors (Lipinski definition) is 3. The molecule has 0 fully saturated rings. The summed E-state index contributed by atoms with van der Waals surface area (Å²) in [6.07, 6.45) is 0. The van der Waals surface area contributed by atoms with Gasteiger partial charge in [0, 0.05) is 5.39 Å². The molecule has 0 saturated heterocycles. The summed E-state index contributed by atoms with van der Waals surface area (Å²) < 4.78 is 17.9. The average Bonchev–Trinajstić information content (AvgIpc) is 2.41. The number of halogens is 1. The molecule has 0 aliphatic carbocycles. The second kappa shape index (κ2) is 2.20. The number of nitrogens with zero attached hydrogens (tertiary/aromatic N) is 1. The van der Waals surface area contributed by atoms with Gasteiger partial charge in [-0.3, -0.25) is 0 Å². The minimum atomic E-state index is -0.534. The number of anilines is 1. The van der Waals surface area contributed by atoms with Crippen molar-refractivity contribution in [3.8, 4) is 0 Å². The van der Waals surface area contributed by atoms with Gasteiger partial charge in [0.25, 0.3) is 0 Å². The van der Waals surface area contributed by atoms with Gasteiger partial charge in [-0.15, -0.1) is 0 Å². The van der Waals surface area contributed by atoms with E-state index in [0.29, 0.717) is 11.1 Å². The summed E-state index contributed by atoms with van der Waals surface area (Å²) in [7, 11) is 0. The smallest absolute Gasteiger partial charge is 0.204 e. The van der Waals surface area contributed by atoms with Crippen molar-refractivity contribution in [2.45, 2.75) is 6.92 Å². The largest absolute Gasteiger partial charge is 0.396 e. The quantitative estimate of drug-likeness (QED) is 0.607. The minimum absolute atomic E-state index is 0.0821. The summed E-state index contributed by atoms with van der Waals surface area (Å²) in [4.78, 5) is 0. The van der Waals surface area contributed by atoms with Crippen LogP contribution in [0.1, 0.15) is 5.69 Å². The first-order chi connectivity index (χ1) is 5.70. The summed E-state index contributed by atoms with van der Waals surface area (Å²) in [5.74, 6) is -0.534. The van der Waals surface area contributed by atoms with Crippen LogP contribution in [0.5, 0.6) is 0 Å². The number of benzene rings is 1. The van der Waals surface area contributed by atoms with Crippen LogP contribution in [0.25, 0.3) is 11.0 Å². The Labute approximate surface area is 67.9 Å². The van der Waals surface area contributed by atoms with E-state index in [4.69, 9.17) is 10.3 Å². The summed E-state index contributed by atoms with van der Waals surface area (Å²) in [5.41, 5.74) is 6.22. The zero-order valence-electron chi connectivity index (χ0n) is 6.47. The number of fused-ring (bicyclic) bond motifs is 1. The molecule has 0 unspecified atom stereocenters. The van der Waals surface area contributed by atoms with Crippen LogP contribution < -0.4 is 5.73 Å². The van der Waals surface area contributed by atoms with Crippen LogP contribution >= 0.6 is 0 Å². The highest BCUT2D eigenvalue weighted by atomic mass is 19.1. The van der Waals surface area contributed by atoms with Gasteiger partial charge in [0.05, 0.1) is 11.4 Å². The van der Waals surface area contributed by atoms with E-state index in [1.807, 2.05) is 0 Å². The maximum atomic E-state index is 13.2. The normalized spacial score (nSPS) is 10.8. The lowest BCUT2D eigenvalue weighted by Gasteiger charge is -1.93. The molecule has 0 aliphatic rings. The van der Waals surface area contributed by atoms with E-state index in [1.54, 1.807) is 13.0 Å². The van der Waals surface area contributed by atoms with Crippen molar-refractivity contribution in [3.05, 3.63) is 23.6 Å². The van der Waals surface area contributed by atoms with Crippen molar-refractivity contribution in [1.29, 1.82) is 0 Å². The molecule has 0 amide bonds. The summed E-state index contributed by atoms with van der Waals surface area (Å²) in [6.45, 7) is 1.75. The molecule has 0 spiro atoms. The predicted molar refractivity (Wildman–Crippen MR) is 43.1 cm³/mol. The predicted octanol–water partition coefficient (Wildman–Crippen LogP) is 1.86. The average molecular weight is 166 g/mol. The van der Waals surface area contributed by atoms with Gasteiger partial charge in [0.1, 0.15) is 0 Å². The molecule has 0 aliphatic heterocycles. The molecule has 1 heterocycles. The lowest BCUT2D eigenvalue weighted by atomic mass is 10.2. The Bertz CT molecular complexity index is 436. The summed E-state index contributed by atoms with van der Waals surface area (Å²) in [6, 6.07) is 3.20. The Balaban J connectivity index is 2.93. The van der Waals surface area contributed by atoms with Crippen molar-refractivity contribution in [3.63, 3.8) is 0 Å². The highest BCUT2D eigenvalue weighted by molar-refractivity contribution is 5.82. The fraction of sp³-hybridized carbons (Fsp3) is 0.125. The van der Waals surface area contributed by atoms with Crippen LogP contribution in [0, 0.1) is 12.7 Å². The van der Waals surface area contributed by atoms with Gasteiger partial charge in [-0.2, -0.15) is 0 Å². The number of nitrogen functional groups attached to an aromatic ring is 1. The van der Waals surface area contributed by atoms with Crippen molar-refractivity contribution >= 4 is 16.7 Å². The Morgan fingerprint density at radius 2 is 2.25 bits per heavy atom. The van der Waals surface area contributed by atoms with E-state index in [1.165, 1.54) is 6.07 Å². The van der Waals surface area contributed by atoms with E-state index in [0.717, 1.165) is 0 Å². The third kappa shape index (κ3) is 0.777. The maximum Gasteiger partial charge on any atom is 0.204 e. The SMILES string of the molecule is Cc1noc2c(F)c(N)ccc12. The Morgan fingerprint density at radius 3 is 3.00 bits per heavy atom. The highest BCUT2D eigenvalue weighted by Gasteiger charge is 2.10. The first-order valence-corrected chi connectivity index (χ1v) is 3.50. The number of aromatic nitrogens is 1. The highest BCUT2D eigenvalue weighted by Crippen LogP contribution is 2.24. The van der Waals surface area contributed by atoms with Crippen LogP contribution in [0.3, 0.4) is 0 Å². The standard InChI is InChI=1S/C8H7FN2O/c1-4-5-2-3-6(10)7(9)8(5)12-11-4/h2-3H,10H2,1H3. The molecule has 1 aromatic heterocycles.